The number of carbonyl (C=O) groups excluding carboxylic acids is 2. The summed E-state index contributed by atoms with van der Waals surface area (Å²) in [5.41, 5.74) is 0.888. The first-order valence-corrected chi connectivity index (χ1v) is 7.15. The lowest BCUT2D eigenvalue weighted by Gasteiger charge is -2.14. The van der Waals surface area contributed by atoms with Gasteiger partial charge in [-0.15, -0.1) is 11.3 Å². The van der Waals surface area contributed by atoms with E-state index >= 15 is 0 Å². The fourth-order valence-corrected chi connectivity index (χ4v) is 2.15. The summed E-state index contributed by atoms with van der Waals surface area (Å²) >= 11 is 1.35. The summed E-state index contributed by atoms with van der Waals surface area (Å²) < 4.78 is 5.02. The SMILES string of the molecule is CN(C(=O)CNC(=O)OCc1ccccc1)c1nccs1. The first-order chi connectivity index (χ1) is 10.2. The smallest absolute Gasteiger partial charge is 0.407 e. The van der Waals surface area contributed by atoms with E-state index in [9.17, 15) is 9.59 Å². The number of nitrogens with one attached hydrogen (secondary N) is 1. The molecule has 0 aliphatic rings. The van der Waals surface area contributed by atoms with E-state index in [2.05, 4.69) is 10.3 Å². The van der Waals surface area contributed by atoms with Gasteiger partial charge in [-0.05, 0) is 5.56 Å². The number of anilines is 1. The average molecular weight is 305 g/mol. The van der Waals surface area contributed by atoms with Gasteiger partial charge in [-0.3, -0.25) is 9.69 Å². The standard InChI is InChI=1S/C14H15N3O3S/c1-17(13-15-7-8-21-13)12(18)9-16-14(19)20-10-11-5-3-2-4-6-11/h2-8H,9-10H2,1H3,(H,16,19). The van der Waals surface area contributed by atoms with E-state index in [0.29, 0.717) is 5.13 Å². The summed E-state index contributed by atoms with van der Waals surface area (Å²) in [6.45, 7) is 0.0346. The minimum Gasteiger partial charge on any atom is -0.445 e. The van der Waals surface area contributed by atoms with Gasteiger partial charge >= 0.3 is 6.09 Å². The number of hydrogen-bond acceptors (Lipinski definition) is 5. The van der Waals surface area contributed by atoms with Crippen LogP contribution >= 0.6 is 11.3 Å². The number of aromatic nitrogens is 1. The molecule has 110 valence electrons. The van der Waals surface area contributed by atoms with Crippen LogP contribution in [0.25, 0.3) is 0 Å². The van der Waals surface area contributed by atoms with Crippen LogP contribution in [-0.2, 0) is 16.1 Å². The minimum absolute atomic E-state index is 0.135. The van der Waals surface area contributed by atoms with E-state index in [1.165, 1.54) is 16.2 Å². The monoisotopic (exact) mass is 305 g/mol. The Kier molecular flexibility index (Phi) is 5.28. The van der Waals surface area contributed by atoms with Crippen LogP contribution in [0.3, 0.4) is 0 Å². The molecule has 6 nitrogen and oxygen atoms in total. The molecule has 2 amide bonds. The Bertz CT molecular complexity index is 587. The zero-order chi connectivity index (χ0) is 15.1. The van der Waals surface area contributed by atoms with Crippen LogP contribution in [0, 0.1) is 0 Å². The number of likely N-dealkylation sites (N-methyl/N-ethyl adjacent to an activating group) is 1. The molecule has 0 fully saturated rings. The highest BCUT2D eigenvalue weighted by atomic mass is 32.1. The summed E-state index contributed by atoms with van der Waals surface area (Å²) in [5, 5.41) is 4.78. The second-order valence-corrected chi connectivity index (χ2v) is 5.06. The van der Waals surface area contributed by atoms with Crippen molar-refractivity contribution < 1.29 is 14.3 Å². The Labute approximate surface area is 126 Å². The van der Waals surface area contributed by atoms with Gasteiger partial charge in [0.1, 0.15) is 13.2 Å². The number of carbonyl (C=O) groups is 2. The van der Waals surface area contributed by atoms with Crippen molar-refractivity contribution in [1.82, 2.24) is 10.3 Å². The summed E-state index contributed by atoms with van der Waals surface area (Å²) in [4.78, 5) is 28.8. The lowest BCUT2D eigenvalue weighted by molar-refractivity contribution is -0.117. The quantitative estimate of drug-likeness (QED) is 0.917. The highest BCUT2D eigenvalue weighted by molar-refractivity contribution is 7.13. The van der Waals surface area contributed by atoms with Crippen LogP contribution < -0.4 is 10.2 Å². The maximum atomic E-state index is 11.8. The van der Waals surface area contributed by atoms with Gasteiger partial charge in [0.15, 0.2) is 5.13 Å². The number of benzene rings is 1. The maximum Gasteiger partial charge on any atom is 0.407 e. The molecule has 1 heterocycles. The molecule has 0 saturated carbocycles. The van der Waals surface area contributed by atoms with E-state index in [1.54, 1.807) is 18.6 Å². The van der Waals surface area contributed by atoms with Gasteiger partial charge in [0.2, 0.25) is 5.91 Å². The van der Waals surface area contributed by atoms with Crippen molar-refractivity contribution in [3.05, 3.63) is 47.5 Å². The van der Waals surface area contributed by atoms with Crippen LogP contribution in [0.1, 0.15) is 5.56 Å². The topological polar surface area (TPSA) is 71.5 Å². The van der Waals surface area contributed by atoms with Crippen LogP contribution in [0.5, 0.6) is 0 Å². The second kappa shape index (κ2) is 7.39. The van der Waals surface area contributed by atoms with Gasteiger partial charge in [-0.25, -0.2) is 9.78 Å². The zero-order valence-electron chi connectivity index (χ0n) is 11.5. The Balaban J connectivity index is 1.72. The van der Waals surface area contributed by atoms with Crippen molar-refractivity contribution in [1.29, 1.82) is 0 Å². The van der Waals surface area contributed by atoms with Crippen molar-refractivity contribution in [2.75, 3.05) is 18.5 Å². The van der Waals surface area contributed by atoms with Crippen LogP contribution in [-0.4, -0.2) is 30.6 Å². The molecular formula is C14H15N3O3S. The predicted molar refractivity (Wildman–Crippen MR) is 80.2 cm³/mol. The molecule has 1 aromatic heterocycles. The third-order valence-corrected chi connectivity index (χ3v) is 3.52. The molecule has 0 unspecified atom stereocenters. The normalized spacial score (nSPS) is 9.95. The van der Waals surface area contributed by atoms with Crippen molar-refractivity contribution in [3.63, 3.8) is 0 Å². The fraction of sp³-hybridized carbons (Fsp3) is 0.214. The molecule has 7 heteroatoms. The molecule has 0 aliphatic heterocycles. The van der Waals surface area contributed by atoms with Gasteiger partial charge in [0, 0.05) is 18.6 Å². The van der Waals surface area contributed by atoms with Crippen molar-refractivity contribution >= 4 is 28.5 Å². The molecule has 21 heavy (non-hydrogen) atoms. The Hall–Kier alpha value is -2.41. The summed E-state index contributed by atoms with van der Waals surface area (Å²) in [5.74, 6) is -0.262. The molecule has 0 aliphatic carbocycles. The number of nitrogens with zero attached hydrogens (tertiary/aromatic N) is 2. The number of amides is 2. The molecule has 1 N–H and O–H groups in total. The minimum atomic E-state index is -0.625. The summed E-state index contributed by atoms with van der Waals surface area (Å²) in [7, 11) is 1.61. The Morgan fingerprint density at radius 2 is 2.10 bits per heavy atom. The van der Waals surface area contributed by atoms with Crippen LogP contribution in [0.4, 0.5) is 9.93 Å². The lowest BCUT2D eigenvalue weighted by atomic mass is 10.2. The van der Waals surface area contributed by atoms with E-state index < -0.39 is 6.09 Å². The predicted octanol–water partition coefficient (Wildman–Crippen LogP) is 2.03. The summed E-state index contributed by atoms with van der Waals surface area (Å²) in [6.07, 6.45) is 0.991. The molecule has 0 radical (unpaired) electrons. The molecule has 0 bridgehead atoms. The van der Waals surface area contributed by atoms with Crippen molar-refractivity contribution in [2.45, 2.75) is 6.61 Å². The maximum absolute atomic E-state index is 11.8. The number of ether oxygens (including phenoxy) is 1. The van der Waals surface area contributed by atoms with Gasteiger partial charge < -0.3 is 10.1 Å². The van der Waals surface area contributed by atoms with Crippen LogP contribution in [0.15, 0.2) is 41.9 Å². The molecule has 2 rings (SSSR count). The highest BCUT2D eigenvalue weighted by Gasteiger charge is 2.14. The lowest BCUT2D eigenvalue weighted by Crippen LogP contribution is -2.38. The van der Waals surface area contributed by atoms with E-state index in [1.807, 2.05) is 30.3 Å². The van der Waals surface area contributed by atoms with Crippen molar-refractivity contribution in [3.8, 4) is 0 Å². The van der Waals surface area contributed by atoms with E-state index in [4.69, 9.17) is 4.74 Å². The highest BCUT2D eigenvalue weighted by Crippen LogP contribution is 2.15. The third-order valence-electron chi connectivity index (χ3n) is 2.68. The number of hydrogen-bond donors (Lipinski definition) is 1. The number of rotatable bonds is 5. The van der Waals surface area contributed by atoms with Gasteiger partial charge in [-0.2, -0.15) is 0 Å². The van der Waals surface area contributed by atoms with Gasteiger partial charge in [0.05, 0.1) is 0 Å². The summed E-state index contributed by atoms with van der Waals surface area (Å²) in [6, 6.07) is 9.33. The second-order valence-electron chi connectivity index (χ2n) is 4.18. The Morgan fingerprint density at radius 1 is 1.33 bits per heavy atom. The molecule has 2 aromatic rings. The van der Waals surface area contributed by atoms with Crippen molar-refractivity contribution in [2.24, 2.45) is 0 Å². The zero-order valence-corrected chi connectivity index (χ0v) is 12.3. The fourth-order valence-electron chi connectivity index (χ4n) is 1.53. The first kappa shape index (κ1) is 15.0. The number of thiazole rings is 1. The molecule has 0 spiro atoms. The number of alkyl carbamates (subject to hydrolysis) is 1. The van der Waals surface area contributed by atoms with E-state index in [-0.39, 0.29) is 19.1 Å². The first-order valence-electron chi connectivity index (χ1n) is 6.27. The molecule has 0 saturated heterocycles. The average Bonchev–Trinajstić information content (AvgIpc) is 3.05. The molecule has 1 aromatic carbocycles. The third kappa shape index (κ3) is 4.57. The largest absolute Gasteiger partial charge is 0.445 e. The van der Waals surface area contributed by atoms with Crippen LogP contribution in [0.2, 0.25) is 0 Å². The van der Waals surface area contributed by atoms with Gasteiger partial charge in [0.25, 0.3) is 0 Å². The van der Waals surface area contributed by atoms with E-state index in [0.717, 1.165) is 5.56 Å². The Morgan fingerprint density at radius 3 is 2.76 bits per heavy atom. The molecular weight excluding hydrogens is 290 g/mol. The van der Waals surface area contributed by atoms with Gasteiger partial charge in [-0.1, -0.05) is 30.3 Å². The molecule has 0 atom stereocenters.